The minimum Gasteiger partial charge on any atom is -0.453 e. The molecule has 0 unspecified atom stereocenters. The number of esters is 1. The average molecular weight is 341 g/mol. The molecule has 132 valence electrons. The quantitative estimate of drug-likeness (QED) is 0.758. The molecule has 0 aliphatic carbocycles. The maximum atomic E-state index is 12.7. The van der Waals surface area contributed by atoms with E-state index in [0.29, 0.717) is 11.1 Å². The number of benzene rings is 2. The van der Waals surface area contributed by atoms with Crippen LogP contribution >= 0.6 is 0 Å². The topological polar surface area (TPSA) is 75.6 Å². The lowest BCUT2D eigenvalue weighted by molar-refractivity contribution is -0.164. The lowest BCUT2D eigenvalue weighted by Gasteiger charge is -2.27. The van der Waals surface area contributed by atoms with Gasteiger partial charge < -0.3 is 15.2 Å². The molecule has 0 aliphatic heterocycles. The lowest BCUT2D eigenvalue weighted by Crippen LogP contribution is -2.41. The minimum atomic E-state index is -1.97. The van der Waals surface area contributed by atoms with Gasteiger partial charge in [-0.2, -0.15) is 0 Å². The molecule has 2 aromatic rings. The third-order valence-corrected chi connectivity index (χ3v) is 4.03. The van der Waals surface area contributed by atoms with E-state index in [1.54, 1.807) is 60.7 Å². The van der Waals surface area contributed by atoms with Gasteiger partial charge in [0.25, 0.3) is 5.91 Å². The standard InChI is InChI=1S/C20H23NO4/c1-3-15(2)21-18(22)14-25-19(23)20(24,16-10-6-4-7-11-16)17-12-8-5-9-13-17/h4-13,15,24H,3,14H2,1-2H3,(H,21,22)/t15-/m1/s1. The van der Waals surface area contributed by atoms with Crippen LogP contribution in [0.4, 0.5) is 0 Å². The highest BCUT2D eigenvalue weighted by Crippen LogP contribution is 2.30. The molecule has 1 atom stereocenters. The molecule has 0 saturated carbocycles. The Morgan fingerprint density at radius 3 is 1.96 bits per heavy atom. The predicted molar refractivity (Wildman–Crippen MR) is 94.7 cm³/mol. The Bertz CT molecular complexity index is 661. The maximum Gasteiger partial charge on any atom is 0.348 e. The van der Waals surface area contributed by atoms with Crippen molar-refractivity contribution in [1.29, 1.82) is 0 Å². The number of hydrogen-bond donors (Lipinski definition) is 2. The molecular weight excluding hydrogens is 318 g/mol. The molecule has 0 fully saturated rings. The first-order chi connectivity index (χ1) is 12.0. The van der Waals surface area contributed by atoms with E-state index in [9.17, 15) is 14.7 Å². The van der Waals surface area contributed by atoms with E-state index < -0.39 is 24.1 Å². The van der Waals surface area contributed by atoms with Crippen molar-refractivity contribution in [3.05, 3.63) is 71.8 Å². The molecule has 0 spiro atoms. The van der Waals surface area contributed by atoms with Gasteiger partial charge >= 0.3 is 5.97 Å². The molecule has 2 aromatic carbocycles. The lowest BCUT2D eigenvalue weighted by atomic mass is 9.86. The predicted octanol–water partition coefficient (Wildman–Crippen LogP) is 2.38. The number of hydrogen-bond acceptors (Lipinski definition) is 4. The minimum absolute atomic E-state index is 0.00617. The zero-order valence-corrected chi connectivity index (χ0v) is 14.4. The smallest absolute Gasteiger partial charge is 0.348 e. The van der Waals surface area contributed by atoms with Gasteiger partial charge in [-0.1, -0.05) is 67.6 Å². The molecule has 2 rings (SSSR count). The summed E-state index contributed by atoms with van der Waals surface area (Å²) in [5, 5.41) is 13.9. The summed E-state index contributed by atoms with van der Waals surface area (Å²) in [5.41, 5.74) is -1.21. The number of carbonyl (C=O) groups is 2. The third kappa shape index (κ3) is 4.45. The highest BCUT2D eigenvalue weighted by atomic mass is 16.6. The second kappa shape index (κ2) is 8.44. The van der Waals surface area contributed by atoms with Crippen LogP contribution in [0.1, 0.15) is 31.4 Å². The van der Waals surface area contributed by atoms with Gasteiger partial charge in [0.05, 0.1) is 0 Å². The first kappa shape index (κ1) is 18.7. The highest BCUT2D eigenvalue weighted by molar-refractivity contribution is 5.88. The van der Waals surface area contributed by atoms with Gasteiger partial charge in [0, 0.05) is 6.04 Å². The van der Waals surface area contributed by atoms with E-state index in [2.05, 4.69) is 5.32 Å². The van der Waals surface area contributed by atoms with Crippen LogP contribution in [0.25, 0.3) is 0 Å². The molecule has 0 radical (unpaired) electrons. The Labute approximate surface area is 147 Å². The van der Waals surface area contributed by atoms with Crippen LogP contribution in [0.5, 0.6) is 0 Å². The monoisotopic (exact) mass is 341 g/mol. The van der Waals surface area contributed by atoms with Crippen LogP contribution in [0.15, 0.2) is 60.7 Å². The number of carbonyl (C=O) groups excluding carboxylic acids is 2. The maximum absolute atomic E-state index is 12.7. The summed E-state index contributed by atoms with van der Waals surface area (Å²) < 4.78 is 5.12. The largest absolute Gasteiger partial charge is 0.453 e. The molecule has 0 heterocycles. The van der Waals surface area contributed by atoms with Crippen molar-refractivity contribution in [1.82, 2.24) is 5.32 Å². The summed E-state index contributed by atoms with van der Waals surface area (Å²) in [6.07, 6.45) is 0.775. The Balaban J connectivity index is 2.22. The van der Waals surface area contributed by atoms with E-state index in [1.807, 2.05) is 13.8 Å². The van der Waals surface area contributed by atoms with Crippen molar-refractivity contribution in [2.75, 3.05) is 6.61 Å². The van der Waals surface area contributed by atoms with Crippen LogP contribution in [0.3, 0.4) is 0 Å². The van der Waals surface area contributed by atoms with Crippen molar-refractivity contribution in [3.63, 3.8) is 0 Å². The van der Waals surface area contributed by atoms with Crippen LogP contribution in [0, 0.1) is 0 Å². The molecule has 2 N–H and O–H groups in total. The second-order valence-corrected chi connectivity index (χ2v) is 5.90. The van der Waals surface area contributed by atoms with E-state index >= 15 is 0 Å². The Hall–Kier alpha value is -2.66. The second-order valence-electron chi connectivity index (χ2n) is 5.90. The normalized spacial score (nSPS) is 12.3. The molecule has 5 nitrogen and oxygen atoms in total. The van der Waals surface area contributed by atoms with Gasteiger partial charge in [-0.05, 0) is 24.5 Å². The summed E-state index contributed by atoms with van der Waals surface area (Å²) >= 11 is 0. The van der Waals surface area contributed by atoms with Crippen molar-refractivity contribution >= 4 is 11.9 Å². The molecule has 25 heavy (non-hydrogen) atoms. The number of amides is 1. The van der Waals surface area contributed by atoms with Crippen molar-refractivity contribution in [2.24, 2.45) is 0 Å². The fourth-order valence-electron chi connectivity index (χ4n) is 2.42. The first-order valence-corrected chi connectivity index (χ1v) is 8.28. The van der Waals surface area contributed by atoms with Crippen LogP contribution < -0.4 is 5.32 Å². The fourth-order valence-corrected chi connectivity index (χ4v) is 2.42. The molecule has 0 saturated heterocycles. The van der Waals surface area contributed by atoms with Gasteiger partial charge in [-0.3, -0.25) is 4.79 Å². The molecule has 0 aromatic heterocycles. The van der Waals surface area contributed by atoms with Gasteiger partial charge in [0.15, 0.2) is 6.61 Å². The molecule has 0 bridgehead atoms. The number of rotatable bonds is 7. The van der Waals surface area contributed by atoms with Crippen LogP contribution in [-0.4, -0.2) is 29.6 Å². The first-order valence-electron chi connectivity index (χ1n) is 8.28. The summed E-state index contributed by atoms with van der Waals surface area (Å²) in [4.78, 5) is 24.5. The SMILES string of the molecule is CC[C@@H](C)NC(=O)COC(=O)C(O)(c1ccccc1)c1ccccc1. The zero-order valence-electron chi connectivity index (χ0n) is 14.4. The highest BCUT2D eigenvalue weighted by Gasteiger charge is 2.41. The number of nitrogens with one attached hydrogen (secondary N) is 1. The molecule has 1 amide bonds. The number of aliphatic hydroxyl groups is 1. The van der Waals surface area contributed by atoms with E-state index in [1.165, 1.54) is 0 Å². The van der Waals surface area contributed by atoms with Crippen LogP contribution in [0.2, 0.25) is 0 Å². The third-order valence-electron chi connectivity index (χ3n) is 4.03. The average Bonchev–Trinajstić information content (AvgIpc) is 2.66. The zero-order chi connectivity index (χ0) is 18.3. The molecular formula is C20H23NO4. The molecule has 0 aliphatic rings. The van der Waals surface area contributed by atoms with Crippen molar-refractivity contribution in [3.8, 4) is 0 Å². The summed E-state index contributed by atoms with van der Waals surface area (Å²) in [5.74, 6) is -1.28. The Morgan fingerprint density at radius 1 is 1.04 bits per heavy atom. The van der Waals surface area contributed by atoms with Crippen molar-refractivity contribution < 1.29 is 19.4 Å². The fraction of sp³-hybridized carbons (Fsp3) is 0.300. The van der Waals surface area contributed by atoms with E-state index in [-0.39, 0.29) is 6.04 Å². The van der Waals surface area contributed by atoms with Gasteiger partial charge in [0.2, 0.25) is 5.60 Å². The Kier molecular flexibility index (Phi) is 6.31. The summed E-state index contributed by atoms with van der Waals surface area (Å²) in [6, 6.07) is 17.1. The summed E-state index contributed by atoms with van der Waals surface area (Å²) in [6.45, 7) is 3.37. The Morgan fingerprint density at radius 2 is 1.52 bits per heavy atom. The van der Waals surface area contributed by atoms with E-state index in [4.69, 9.17) is 4.74 Å². The van der Waals surface area contributed by atoms with E-state index in [0.717, 1.165) is 6.42 Å². The number of ether oxygens (including phenoxy) is 1. The van der Waals surface area contributed by atoms with Crippen molar-refractivity contribution in [2.45, 2.75) is 31.9 Å². The summed E-state index contributed by atoms with van der Waals surface area (Å²) in [7, 11) is 0. The van der Waals surface area contributed by atoms with Gasteiger partial charge in [-0.25, -0.2) is 4.79 Å². The van der Waals surface area contributed by atoms with Crippen LogP contribution in [-0.2, 0) is 19.9 Å². The van der Waals surface area contributed by atoms with Gasteiger partial charge in [-0.15, -0.1) is 0 Å². The van der Waals surface area contributed by atoms with Gasteiger partial charge in [0.1, 0.15) is 0 Å². The molecule has 5 heteroatoms.